The second-order valence-corrected chi connectivity index (χ2v) is 17.0. The van der Waals surface area contributed by atoms with Crippen LogP contribution in [-0.2, 0) is 0 Å². The van der Waals surface area contributed by atoms with Crippen molar-refractivity contribution in [1.82, 2.24) is 0 Å². The lowest BCUT2D eigenvalue weighted by atomic mass is 10.1. The predicted molar refractivity (Wildman–Crippen MR) is 81.2 cm³/mol. The van der Waals surface area contributed by atoms with Gasteiger partial charge in [-0.1, -0.05) is 67.9 Å². The molecule has 0 aromatic rings. The summed E-state index contributed by atoms with van der Waals surface area (Å²) < 4.78 is 0. The van der Waals surface area contributed by atoms with E-state index in [9.17, 15) is 0 Å². The summed E-state index contributed by atoms with van der Waals surface area (Å²) in [6.07, 6.45) is 8.25. The average Bonchev–Trinajstić information content (AvgIpc) is 2.46. The zero-order valence-electron chi connectivity index (χ0n) is 11.7. The summed E-state index contributed by atoms with van der Waals surface area (Å²) in [6, 6.07) is 0. The van der Waals surface area contributed by atoms with E-state index in [4.69, 9.17) is 0 Å². The van der Waals surface area contributed by atoms with Gasteiger partial charge >= 0.3 is 0 Å². The van der Waals surface area contributed by atoms with Crippen LogP contribution >= 0.6 is 0 Å². The molecule has 0 aliphatic heterocycles. The van der Waals surface area contributed by atoms with Gasteiger partial charge in [0, 0.05) is 0 Å². The van der Waals surface area contributed by atoms with Crippen LogP contribution in [0.5, 0.6) is 0 Å². The highest BCUT2D eigenvalue weighted by Gasteiger charge is 2.32. The summed E-state index contributed by atoms with van der Waals surface area (Å²) in [5.74, 6) is 0.658. The molecule has 0 amide bonds. The molecule has 1 aliphatic carbocycles. The fourth-order valence-corrected chi connectivity index (χ4v) is 5.58. The van der Waals surface area contributed by atoms with Gasteiger partial charge in [0.15, 0.2) is 0 Å². The van der Waals surface area contributed by atoms with Gasteiger partial charge in [-0.25, -0.2) is 0 Å². The van der Waals surface area contributed by atoms with E-state index in [-0.39, 0.29) is 0 Å². The van der Waals surface area contributed by atoms with E-state index in [1.54, 1.807) is 10.4 Å². The third-order valence-corrected chi connectivity index (χ3v) is 7.53. The van der Waals surface area contributed by atoms with Crippen molar-refractivity contribution in [1.29, 1.82) is 0 Å². The van der Waals surface area contributed by atoms with Gasteiger partial charge in [-0.2, -0.15) is 0 Å². The average molecular weight is 251 g/mol. The van der Waals surface area contributed by atoms with Crippen LogP contribution in [0.2, 0.25) is 39.3 Å². The minimum Gasteiger partial charge on any atom is -0.103 e. The molecule has 2 heteroatoms. The molecule has 0 aromatic heterocycles. The zero-order chi connectivity index (χ0) is 12.6. The standard InChI is InChI=1S/C14H26Si2/c1-8-9-12-10-13(15(2,3)4)11-14(12)16(5,6)7/h8,10-12H,1,9H2,2-7H3. The highest BCUT2D eigenvalue weighted by atomic mass is 28.3. The maximum atomic E-state index is 3.90. The lowest BCUT2D eigenvalue weighted by Crippen LogP contribution is -2.27. The van der Waals surface area contributed by atoms with Gasteiger partial charge in [-0.05, 0) is 12.3 Å². The van der Waals surface area contributed by atoms with Gasteiger partial charge in [-0.15, -0.1) is 6.58 Å². The van der Waals surface area contributed by atoms with Crippen LogP contribution in [0.3, 0.4) is 0 Å². The van der Waals surface area contributed by atoms with E-state index >= 15 is 0 Å². The second kappa shape index (κ2) is 4.49. The molecule has 0 aromatic carbocycles. The van der Waals surface area contributed by atoms with Crippen LogP contribution < -0.4 is 0 Å². The van der Waals surface area contributed by atoms with Crippen molar-refractivity contribution < 1.29 is 0 Å². The van der Waals surface area contributed by atoms with Crippen molar-refractivity contribution in [2.24, 2.45) is 5.92 Å². The fourth-order valence-electron chi connectivity index (χ4n) is 2.24. The Morgan fingerprint density at radius 2 is 1.69 bits per heavy atom. The zero-order valence-corrected chi connectivity index (χ0v) is 13.7. The third kappa shape index (κ3) is 3.08. The van der Waals surface area contributed by atoms with Crippen LogP contribution in [0.15, 0.2) is 35.2 Å². The molecular weight excluding hydrogens is 224 g/mol. The van der Waals surface area contributed by atoms with Crippen molar-refractivity contribution in [3.63, 3.8) is 0 Å². The number of hydrogen-bond donors (Lipinski definition) is 0. The normalized spacial score (nSPS) is 21.8. The van der Waals surface area contributed by atoms with Gasteiger partial charge in [0.1, 0.15) is 0 Å². The molecule has 16 heavy (non-hydrogen) atoms. The first-order valence-electron chi connectivity index (χ1n) is 6.21. The number of hydrogen-bond acceptors (Lipinski definition) is 0. The van der Waals surface area contributed by atoms with Crippen LogP contribution in [0.4, 0.5) is 0 Å². The van der Waals surface area contributed by atoms with E-state index in [1.165, 1.54) is 0 Å². The first-order chi connectivity index (χ1) is 7.16. The lowest BCUT2D eigenvalue weighted by molar-refractivity contribution is 0.820. The van der Waals surface area contributed by atoms with Crippen molar-refractivity contribution in [2.75, 3.05) is 0 Å². The molecular formula is C14H26Si2. The summed E-state index contributed by atoms with van der Waals surface area (Å²) in [5, 5.41) is 3.38. The second-order valence-electron chi connectivity index (χ2n) is 6.85. The summed E-state index contributed by atoms with van der Waals surface area (Å²) in [7, 11) is -2.30. The van der Waals surface area contributed by atoms with Gasteiger partial charge in [0.25, 0.3) is 0 Å². The molecule has 0 heterocycles. The largest absolute Gasteiger partial charge is 0.103 e. The first-order valence-corrected chi connectivity index (χ1v) is 13.2. The summed E-state index contributed by atoms with van der Waals surface area (Å²) in [4.78, 5) is 0. The molecule has 0 spiro atoms. The third-order valence-electron chi connectivity index (χ3n) is 3.24. The van der Waals surface area contributed by atoms with Gasteiger partial charge in [0.05, 0.1) is 16.1 Å². The molecule has 0 N–H and O–H groups in total. The van der Waals surface area contributed by atoms with E-state index in [0.29, 0.717) is 5.92 Å². The minimum absolute atomic E-state index is 0.658. The Morgan fingerprint density at radius 1 is 1.12 bits per heavy atom. The van der Waals surface area contributed by atoms with Crippen molar-refractivity contribution in [3.05, 3.63) is 35.2 Å². The lowest BCUT2D eigenvalue weighted by Gasteiger charge is -2.24. The Balaban J connectivity index is 3.06. The molecule has 1 unspecified atom stereocenters. The maximum Gasteiger partial charge on any atom is 0.0771 e. The molecule has 1 aliphatic rings. The molecule has 1 rings (SSSR count). The Bertz CT molecular complexity index is 335. The van der Waals surface area contributed by atoms with Gasteiger partial charge in [0.2, 0.25) is 0 Å². The highest BCUT2D eigenvalue weighted by molar-refractivity contribution is 6.86. The minimum atomic E-state index is -1.16. The molecule has 0 bridgehead atoms. The smallest absolute Gasteiger partial charge is 0.0771 e. The summed E-state index contributed by atoms with van der Waals surface area (Å²) >= 11 is 0. The molecule has 90 valence electrons. The van der Waals surface area contributed by atoms with Crippen LogP contribution in [0.25, 0.3) is 0 Å². The topological polar surface area (TPSA) is 0 Å². The molecule has 0 saturated heterocycles. The SMILES string of the molecule is C=CCC1C=C([Si](C)(C)C)C=C1[Si](C)(C)C. The Morgan fingerprint density at radius 3 is 2.06 bits per heavy atom. The molecule has 0 radical (unpaired) electrons. The molecule has 0 fully saturated rings. The predicted octanol–water partition coefficient (Wildman–Crippen LogP) is 4.80. The van der Waals surface area contributed by atoms with E-state index < -0.39 is 16.1 Å². The Labute approximate surface area is 103 Å². The molecule has 1 atom stereocenters. The molecule has 0 nitrogen and oxygen atoms in total. The fraction of sp³-hybridized carbons (Fsp3) is 0.571. The Kier molecular flexibility index (Phi) is 3.85. The van der Waals surface area contributed by atoms with Crippen LogP contribution in [0, 0.1) is 5.92 Å². The molecule has 0 saturated carbocycles. The van der Waals surface area contributed by atoms with Crippen molar-refractivity contribution in [3.8, 4) is 0 Å². The monoisotopic (exact) mass is 250 g/mol. The van der Waals surface area contributed by atoms with Crippen molar-refractivity contribution in [2.45, 2.75) is 45.7 Å². The number of rotatable bonds is 4. The van der Waals surface area contributed by atoms with Gasteiger partial charge < -0.3 is 0 Å². The quantitative estimate of drug-likeness (QED) is 0.497. The highest BCUT2D eigenvalue weighted by Crippen LogP contribution is 2.36. The van der Waals surface area contributed by atoms with E-state index in [0.717, 1.165) is 6.42 Å². The maximum absolute atomic E-state index is 3.90. The number of allylic oxidation sites excluding steroid dienone is 5. The van der Waals surface area contributed by atoms with Crippen LogP contribution in [-0.4, -0.2) is 16.1 Å². The first kappa shape index (κ1) is 13.7. The van der Waals surface area contributed by atoms with Gasteiger partial charge in [-0.3, -0.25) is 0 Å². The Hall–Kier alpha value is -0.346. The summed E-state index contributed by atoms with van der Waals surface area (Å²) in [6.45, 7) is 18.6. The summed E-state index contributed by atoms with van der Waals surface area (Å²) in [5.41, 5.74) is 0. The van der Waals surface area contributed by atoms with Crippen LogP contribution in [0.1, 0.15) is 6.42 Å². The van der Waals surface area contributed by atoms with Crippen molar-refractivity contribution >= 4 is 16.1 Å². The van der Waals surface area contributed by atoms with E-state index in [1.807, 2.05) is 0 Å². The van der Waals surface area contributed by atoms with E-state index in [2.05, 4.69) is 64.1 Å².